The zero-order chi connectivity index (χ0) is 14.1. The van der Waals surface area contributed by atoms with Gasteiger partial charge in [0.1, 0.15) is 12.6 Å². The van der Waals surface area contributed by atoms with Crippen LogP contribution in [-0.2, 0) is 19.1 Å². The second-order valence-corrected chi connectivity index (χ2v) is 4.50. The molecule has 1 heterocycles. The minimum Gasteiger partial charge on any atom is -0.480 e. The Kier molecular flexibility index (Phi) is 7.39. The van der Waals surface area contributed by atoms with Crippen LogP contribution >= 0.6 is 0 Å². The van der Waals surface area contributed by atoms with Gasteiger partial charge < -0.3 is 25.2 Å². The van der Waals surface area contributed by atoms with Gasteiger partial charge in [-0.2, -0.15) is 0 Å². The molecule has 0 aromatic heterocycles. The predicted molar refractivity (Wildman–Crippen MR) is 67.9 cm³/mol. The Labute approximate surface area is 112 Å². The first-order valence-corrected chi connectivity index (χ1v) is 6.47. The topological polar surface area (TPSA) is 96.9 Å². The molecule has 0 saturated carbocycles. The Balaban J connectivity index is 2.25. The van der Waals surface area contributed by atoms with Crippen molar-refractivity contribution < 1.29 is 24.2 Å². The smallest absolute Gasteiger partial charge is 0.326 e. The molecule has 7 nitrogen and oxygen atoms in total. The zero-order valence-corrected chi connectivity index (χ0v) is 11.2. The summed E-state index contributed by atoms with van der Waals surface area (Å²) in [6.45, 7) is 1.96. The van der Waals surface area contributed by atoms with E-state index in [1.165, 1.54) is 7.11 Å². The average Bonchev–Trinajstić information content (AvgIpc) is 2.42. The molecule has 1 atom stereocenters. The highest BCUT2D eigenvalue weighted by Crippen LogP contribution is 2.06. The molecule has 0 aromatic carbocycles. The minimum atomic E-state index is -1.06. The number of nitrogens with one attached hydrogen (secondary N) is 2. The number of carbonyl (C=O) groups is 2. The molecule has 1 unspecified atom stereocenters. The van der Waals surface area contributed by atoms with Crippen LogP contribution in [0.4, 0.5) is 0 Å². The van der Waals surface area contributed by atoms with Gasteiger partial charge in [0.05, 0.1) is 6.10 Å². The number of carboxylic acid groups (broad SMARTS) is 1. The van der Waals surface area contributed by atoms with Gasteiger partial charge in [-0.1, -0.05) is 0 Å². The highest BCUT2D eigenvalue weighted by Gasteiger charge is 2.21. The number of rotatable bonds is 8. The quantitative estimate of drug-likeness (QED) is 0.545. The number of piperidine rings is 1. The molecule has 1 fully saturated rings. The number of carboxylic acids is 1. The molecule has 1 amide bonds. The van der Waals surface area contributed by atoms with Crippen molar-refractivity contribution >= 4 is 11.9 Å². The molecule has 7 heteroatoms. The van der Waals surface area contributed by atoms with Gasteiger partial charge in [-0.15, -0.1) is 0 Å². The standard InChI is InChI=1S/C12H22N2O5/c1-18-7-4-10(12(16)17)14-11(15)8-19-9-2-5-13-6-3-9/h9-10,13H,2-8H2,1H3,(H,14,15)(H,16,17). The largest absolute Gasteiger partial charge is 0.480 e. The molecule has 19 heavy (non-hydrogen) atoms. The molecule has 0 radical (unpaired) electrons. The van der Waals surface area contributed by atoms with E-state index in [2.05, 4.69) is 10.6 Å². The van der Waals surface area contributed by atoms with E-state index in [-0.39, 0.29) is 25.7 Å². The summed E-state index contributed by atoms with van der Waals surface area (Å²) in [5.74, 6) is -1.46. The third-order valence-electron chi connectivity index (χ3n) is 2.98. The molecule has 3 N–H and O–H groups in total. The molecule has 110 valence electrons. The van der Waals surface area contributed by atoms with Crippen LogP contribution in [-0.4, -0.2) is 62.5 Å². The fourth-order valence-electron chi connectivity index (χ4n) is 1.88. The summed E-state index contributed by atoms with van der Waals surface area (Å²) in [5, 5.41) is 14.6. The van der Waals surface area contributed by atoms with Gasteiger partial charge in [-0.3, -0.25) is 4.79 Å². The first kappa shape index (κ1) is 15.9. The van der Waals surface area contributed by atoms with Crippen molar-refractivity contribution in [2.75, 3.05) is 33.4 Å². The number of carbonyl (C=O) groups excluding carboxylic acids is 1. The number of methoxy groups -OCH3 is 1. The van der Waals surface area contributed by atoms with Crippen molar-refractivity contribution in [3.8, 4) is 0 Å². The molecule has 0 aromatic rings. The first-order chi connectivity index (χ1) is 9.13. The lowest BCUT2D eigenvalue weighted by atomic mass is 10.1. The third kappa shape index (κ3) is 6.51. The maximum atomic E-state index is 11.6. The summed E-state index contributed by atoms with van der Waals surface area (Å²) in [6.07, 6.45) is 2.07. The lowest BCUT2D eigenvalue weighted by Crippen LogP contribution is -2.44. The fraction of sp³-hybridized carbons (Fsp3) is 0.833. The number of hydrogen-bond acceptors (Lipinski definition) is 5. The van der Waals surface area contributed by atoms with Crippen LogP contribution in [0.1, 0.15) is 19.3 Å². The van der Waals surface area contributed by atoms with Gasteiger partial charge in [-0.05, 0) is 25.9 Å². The second-order valence-electron chi connectivity index (χ2n) is 4.50. The molecule has 1 rings (SSSR count). The minimum absolute atomic E-state index is 0.0780. The van der Waals surface area contributed by atoms with Crippen molar-refractivity contribution in [1.29, 1.82) is 0 Å². The fourth-order valence-corrected chi connectivity index (χ4v) is 1.88. The molecule has 0 aliphatic carbocycles. The number of ether oxygens (including phenoxy) is 2. The summed E-state index contributed by atoms with van der Waals surface area (Å²) in [6, 6.07) is -0.927. The Morgan fingerprint density at radius 1 is 1.42 bits per heavy atom. The Morgan fingerprint density at radius 3 is 2.68 bits per heavy atom. The highest BCUT2D eigenvalue weighted by molar-refractivity contribution is 5.84. The highest BCUT2D eigenvalue weighted by atomic mass is 16.5. The van der Waals surface area contributed by atoms with Crippen molar-refractivity contribution in [1.82, 2.24) is 10.6 Å². The van der Waals surface area contributed by atoms with E-state index in [9.17, 15) is 9.59 Å². The van der Waals surface area contributed by atoms with Crippen LogP contribution in [0.15, 0.2) is 0 Å². The second kappa shape index (κ2) is 8.84. The summed E-state index contributed by atoms with van der Waals surface area (Å²) in [4.78, 5) is 22.5. The van der Waals surface area contributed by atoms with Crippen molar-refractivity contribution in [2.24, 2.45) is 0 Å². The normalized spacial score (nSPS) is 17.9. The van der Waals surface area contributed by atoms with E-state index in [0.717, 1.165) is 25.9 Å². The molecule has 0 bridgehead atoms. The summed E-state index contributed by atoms with van der Waals surface area (Å²) in [5.41, 5.74) is 0. The lowest BCUT2D eigenvalue weighted by molar-refractivity contribution is -0.143. The van der Waals surface area contributed by atoms with E-state index in [0.29, 0.717) is 0 Å². The van der Waals surface area contributed by atoms with E-state index in [1.54, 1.807) is 0 Å². The van der Waals surface area contributed by atoms with E-state index < -0.39 is 17.9 Å². The zero-order valence-electron chi connectivity index (χ0n) is 11.2. The monoisotopic (exact) mass is 274 g/mol. The maximum absolute atomic E-state index is 11.6. The Bertz CT molecular complexity index is 292. The van der Waals surface area contributed by atoms with Crippen LogP contribution in [0.2, 0.25) is 0 Å². The van der Waals surface area contributed by atoms with Gasteiger partial charge in [0.2, 0.25) is 5.91 Å². The van der Waals surface area contributed by atoms with Crippen LogP contribution < -0.4 is 10.6 Å². The lowest BCUT2D eigenvalue weighted by Gasteiger charge is -2.23. The van der Waals surface area contributed by atoms with Gasteiger partial charge in [0.15, 0.2) is 0 Å². The van der Waals surface area contributed by atoms with Crippen LogP contribution in [0.25, 0.3) is 0 Å². The average molecular weight is 274 g/mol. The Hall–Kier alpha value is -1.18. The van der Waals surface area contributed by atoms with E-state index in [1.807, 2.05) is 0 Å². The third-order valence-corrected chi connectivity index (χ3v) is 2.98. The summed E-state index contributed by atoms with van der Waals surface area (Å²) < 4.78 is 10.3. The summed E-state index contributed by atoms with van der Waals surface area (Å²) >= 11 is 0. The van der Waals surface area contributed by atoms with Crippen LogP contribution in [0.5, 0.6) is 0 Å². The number of amides is 1. The number of aliphatic carboxylic acids is 1. The van der Waals surface area contributed by atoms with Crippen molar-refractivity contribution in [3.63, 3.8) is 0 Å². The van der Waals surface area contributed by atoms with Gasteiger partial charge in [0.25, 0.3) is 0 Å². The van der Waals surface area contributed by atoms with Gasteiger partial charge >= 0.3 is 5.97 Å². The molecular formula is C12H22N2O5. The number of hydrogen-bond donors (Lipinski definition) is 3. The van der Waals surface area contributed by atoms with Crippen LogP contribution in [0, 0.1) is 0 Å². The van der Waals surface area contributed by atoms with Crippen LogP contribution in [0.3, 0.4) is 0 Å². The molecule has 1 aliphatic heterocycles. The Morgan fingerprint density at radius 2 is 2.11 bits per heavy atom. The first-order valence-electron chi connectivity index (χ1n) is 6.47. The van der Waals surface area contributed by atoms with Gasteiger partial charge in [0, 0.05) is 20.1 Å². The van der Waals surface area contributed by atoms with Crippen molar-refractivity contribution in [2.45, 2.75) is 31.4 Å². The van der Waals surface area contributed by atoms with Gasteiger partial charge in [-0.25, -0.2) is 4.79 Å². The van der Waals surface area contributed by atoms with E-state index in [4.69, 9.17) is 14.6 Å². The van der Waals surface area contributed by atoms with Crippen molar-refractivity contribution in [3.05, 3.63) is 0 Å². The van der Waals surface area contributed by atoms with E-state index >= 15 is 0 Å². The summed E-state index contributed by atoms with van der Waals surface area (Å²) in [7, 11) is 1.49. The SMILES string of the molecule is COCCC(NC(=O)COC1CCNCC1)C(=O)O. The predicted octanol–water partition coefficient (Wildman–Crippen LogP) is -0.639. The molecular weight excluding hydrogens is 252 g/mol. The maximum Gasteiger partial charge on any atom is 0.326 e. The molecule has 0 spiro atoms. The molecule has 1 aliphatic rings. The molecule has 1 saturated heterocycles.